The molecule has 2 bridgehead atoms. The van der Waals surface area contributed by atoms with Crippen molar-refractivity contribution in [2.75, 3.05) is 7.11 Å². The fourth-order valence-electron chi connectivity index (χ4n) is 7.28. The van der Waals surface area contributed by atoms with Crippen LogP contribution in [0.1, 0.15) is 36.6 Å². The molecule has 2 aromatic rings. The number of nitrogens with zero attached hydrogens (tertiary/aromatic N) is 1. The minimum absolute atomic E-state index is 0.0422. The highest BCUT2D eigenvalue weighted by molar-refractivity contribution is 8.00. The number of carbonyl (C=O) groups is 3. The molecule has 8 nitrogen and oxygen atoms in total. The van der Waals surface area contributed by atoms with Gasteiger partial charge >= 0.3 is 10.8 Å². The molecule has 1 saturated heterocycles. The standard InChI is InChI=1S/C25H26N2O6S2/c1-9(2)18(24(30)31)27-22(28)16-11-8-12(17(16)23(27)29)19-15(11)14(10-6-4-5-7-13(10)33-3)20-21(34-19)26-25(32)35-20/h4-7,9,11-12,14-19H,8H2,1-3H3,(H,26,32)(H,30,31). The molecule has 2 saturated carbocycles. The lowest BCUT2D eigenvalue weighted by atomic mass is 9.68. The van der Waals surface area contributed by atoms with Gasteiger partial charge in [0.25, 0.3) is 0 Å². The summed E-state index contributed by atoms with van der Waals surface area (Å²) in [6.45, 7) is 3.45. The van der Waals surface area contributed by atoms with Crippen LogP contribution in [-0.4, -0.2) is 51.2 Å². The molecule has 0 spiro atoms. The van der Waals surface area contributed by atoms with Crippen LogP contribution in [0.2, 0.25) is 0 Å². The molecule has 8 unspecified atom stereocenters. The van der Waals surface area contributed by atoms with Crippen molar-refractivity contribution < 1.29 is 24.2 Å². The van der Waals surface area contributed by atoms with Crippen LogP contribution in [0.3, 0.4) is 0 Å². The lowest BCUT2D eigenvalue weighted by Crippen LogP contribution is -2.49. The second kappa shape index (κ2) is 7.96. The maximum Gasteiger partial charge on any atom is 0.327 e. The largest absolute Gasteiger partial charge is 0.496 e. The predicted molar refractivity (Wildman–Crippen MR) is 130 cm³/mol. The number of para-hydroxylation sites is 1. The van der Waals surface area contributed by atoms with Crippen molar-refractivity contribution in [3.05, 3.63) is 44.4 Å². The van der Waals surface area contributed by atoms with E-state index in [9.17, 15) is 24.3 Å². The predicted octanol–water partition coefficient (Wildman–Crippen LogP) is 3.03. The summed E-state index contributed by atoms with van der Waals surface area (Å²) in [6, 6.07) is 6.62. The molecule has 1 aromatic heterocycles. The molecule has 35 heavy (non-hydrogen) atoms. The van der Waals surface area contributed by atoms with Crippen LogP contribution in [0.25, 0.3) is 0 Å². The number of benzene rings is 1. The molecule has 3 heterocycles. The summed E-state index contributed by atoms with van der Waals surface area (Å²) in [6.07, 6.45) is 0.757. The molecule has 184 valence electrons. The quantitative estimate of drug-likeness (QED) is 0.589. The average molecular weight is 515 g/mol. The lowest BCUT2D eigenvalue weighted by Gasteiger charge is -2.43. The summed E-state index contributed by atoms with van der Waals surface area (Å²) < 4.78 is 5.69. The van der Waals surface area contributed by atoms with Crippen molar-refractivity contribution in [3.63, 3.8) is 0 Å². The van der Waals surface area contributed by atoms with Crippen molar-refractivity contribution in [1.29, 1.82) is 0 Å². The topological polar surface area (TPSA) is 117 Å². The highest BCUT2D eigenvalue weighted by atomic mass is 32.2. The number of fused-ring (bicyclic) bond motifs is 9. The highest BCUT2D eigenvalue weighted by Crippen LogP contribution is 2.69. The van der Waals surface area contributed by atoms with Gasteiger partial charge in [0.1, 0.15) is 11.8 Å². The number of carboxylic acid groups (broad SMARTS) is 1. The second-order valence-corrected chi connectivity index (χ2v) is 12.5. The molecule has 2 N–H and O–H groups in total. The molecule has 2 aliphatic carbocycles. The maximum absolute atomic E-state index is 13.7. The van der Waals surface area contributed by atoms with Gasteiger partial charge in [0, 0.05) is 21.6 Å². The Bertz CT molecular complexity index is 1300. The summed E-state index contributed by atoms with van der Waals surface area (Å²) in [5.74, 6) is -2.69. The Balaban J connectivity index is 1.46. The zero-order valence-corrected chi connectivity index (χ0v) is 21.1. The first kappa shape index (κ1) is 22.8. The summed E-state index contributed by atoms with van der Waals surface area (Å²) >= 11 is 2.81. The number of carboxylic acids is 1. The number of hydrogen-bond donors (Lipinski definition) is 2. The minimum atomic E-state index is -1.15. The number of aromatic amines is 1. The number of thioether (sulfide) groups is 1. The summed E-state index contributed by atoms with van der Waals surface area (Å²) in [4.78, 5) is 56.5. The van der Waals surface area contributed by atoms with Crippen LogP contribution >= 0.6 is 23.1 Å². The van der Waals surface area contributed by atoms with E-state index in [0.717, 1.165) is 32.5 Å². The van der Waals surface area contributed by atoms with E-state index >= 15 is 0 Å². The van der Waals surface area contributed by atoms with Gasteiger partial charge in [0.05, 0.1) is 24.0 Å². The van der Waals surface area contributed by atoms with E-state index in [-0.39, 0.29) is 51.5 Å². The molecule has 2 aliphatic heterocycles. The molecule has 3 fully saturated rings. The second-order valence-electron chi connectivity index (χ2n) is 10.3. The molecule has 2 amide bonds. The summed E-state index contributed by atoms with van der Waals surface area (Å²) in [5.41, 5.74) is 0.977. The minimum Gasteiger partial charge on any atom is -0.496 e. The van der Waals surface area contributed by atoms with Crippen LogP contribution in [0.5, 0.6) is 5.75 Å². The van der Waals surface area contributed by atoms with Gasteiger partial charge in [-0.15, -0.1) is 11.8 Å². The number of methoxy groups -OCH3 is 1. The van der Waals surface area contributed by atoms with Gasteiger partial charge < -0.3 is 14.8 Å². The number of amides is 2. The van der Waals surface area contributed by atoms with E-state index in [0.29, 0.717) is 0 Å². The Hall–Kier alpha value is -2.59. The molecule has 1 aromatic carbocycles. The van der Waals surface area contributed by atoms with Crippen LogP contribution < -0.4 is 9.61 Å². The van der Waals surface area contributed by atoms with E-state index in [1.165, 1.54) is 11.3 Å². The first-order valence-electron chi connectivity index (χ1n) is 11.9. The SMILES string of the molecule is COc1ccccc1C1c2sc(=O)[nH]c2SC2C3CC(C4C(=O)N(C(C(=O)O)C(C)C)C(=O)C34)C12. The molecular weight excluding hydrogens is 488 g/mol. The van der Waals surface area contributed by atoms with Crippen molar-refractivity contribution in [2.45, 2.75) is 42.5 Å². The maximum atomic E-state index is 13.7. The number of nitrogens with one attached hydrogen (secondary N) is 1. The number of rotatable bonds is 5. The number of aromatic nitrogens is 1. The van der Waals surface area contributed by atoms with Crippen LogP contribution in [0.15, 0.2) is 34.1 Å². The summed E-state index contributed by atoms with van der Waals surface area (Å²) in [7, 11) is 1.63. The number of aliphatic carboxylic acids is 1. The zero-order chi connectivity index (χ0) is 24.8. The van der Waals surface area contributed by atoms with E-state index in [1.807, 2.05) is 24.3 Å². The van der Waals surface area contributed by atoms with Gasteiger partial charge in [-0.2, -0.15) is 0 Å². The first-order valence-corrected chi connectivity index (χ1v) is 13.6. The van der Waals surface area contributed by atoms with Crippen molar-refractivity contribution in [3.8, 4) is 5.75 Å². The molecular formula is C25H26N2O6S2. The van der Waals surface area contributed by atoms with Gasteiger partial charge in [-0.1, -0.05) is 43.4 Å². The fraction of sp³-hybridized carbons (Fsp3) is 0.520. The molecule has 6 rings (SSSR count). The molecule has 0 radical (unpaired) electrons. The number of imide groups is 1. The van der Waals surface area contributed by atoms with Crippen LogP contribution in [0, 0.1) is 35.5 Å². The van der Waals surface area contributed by atoms with Gasteiger partial charge in [0.15, 0.2) is 0 Å². The van der Waals surface area contributed by atoms with Gasteiger partial charge in [-0.3, -0.25) is 19.3 Å². The average Bonchev–Trinajstić information content (AvgIpc) is 3.54. The number of likely N-dealkylation sites (tertiary alicyclic amines) is 1. The Morgan fingerprint density at radius 1 is 1.14 bits per heavy atom. The first-order chi connectivity index (χ1) is 16.7. The molecule has 10 heteroatoms. The van der Waals surface area contributed by atoms with Crippen molar-refractivity contribution in [2.24, 2.45) is 35.5 Å². The zero-order valence-electron chi connectivity index (χ0n) is 19.5. The summed E-state index contributed by atoms with van der Waals surface area (Å²) in [5, 5.41) is 10.7. The Labute approximate surface area is 210 Å². The van der Waals surface area contributed by atoms with E-state index < -0.39 is 23.8 Å². The van der Waals surface area contributed by atoms with Gasteiger partial charge in [-0.05, 0) is 36.2 Å². The smallest absolute Gasteiger partial charge is 0.327 e. The number of carbonyl (C=O) groups excluding carboxylic acids is 2. The number of hydrogen-bond acceptors (Lipinski definition) is 7. The Morgan fingerprint density at radius 2 is 1.83 bits per heavy atom. The Morgan fingerprint density at radius 3 is 2.49 bits per heavy atom. The van der Waals surface area contributed by atoms with Crippen LogP contribution in [-0.2, 0) is 14.4 Å². The normalized spacial score (nSPS) is 33.6. The monoisotopic (exact) mass is 514 g/mol. The van der Waals surface area contributed by atoms with Crippen molar-refractivity contribution >= 4 is 40.9 Å². The highest BCUT2D eigenvalue weighted by Gasteiger charge is 2.70. The molecule has 8 atom stereocenters. The van der Waals surface area contributed by atoms with Gasteiger partial charge in [0.2, 0.25) is 11.8 Å². The number of H-pyrrole nitrogens is 1. The number of thiazole rings is 1. The number of ether oxygens (including phenoxy) is 1. The van der Waals surface area contributed by atoms with E-state index in [2.05, 4.69) is 4.98 Å². The fourth-order valence-corrected chi connectivity index (χ4v) is 10.2. The van der Waals surface area contributed by atoms with Crippen LogP contribution in [0.4, 0.5) is 0 Å². The third-order valence-corrected chi connectivity index (χ3v) is 11.0. The molecule has 4 aliphatic rings. The lowest BCUT2D eigenvalue weighted by molar-refractivity contribution is -0.157. The van der Waals surface area contributed by atoms with E-state index in [1.54, 1.807) is 32.7 Å². The third kappa shape index (κ3) is 3.05. The van der Waals surface area contributed by atoms with Gasteiger partial charge in [-0.25, -0.2) is 4.79 Å². The third-order valence-electron chi connectivity index (χ3n) is 8.39. The Kier molecular flexibility index (Phi) is 5.20. The van der Waals surface area contributed by atoms with E-state index in [4.69, 9.17) is 4.74 Å². The van der Waals surface area contributed by atoms with Crippen molar-refractivity contribution in [1.82, 2.24) is 9.88 Å².